The molecule has 0 aliphatic rings. The van der Waals surface area contributed by atoms with Crippen LogP contribution in [0, 0.1) is 12.7 Å². The molecule has 2 N–H and O–H groups in total. The Morgan fingerprint density at radius 1 is 1.50 bits per heavy atom. The summed E-state index contributed by atoms with van der Waals surface area (Å²) in [5.74, 6) is -0.775. The van der Waals surface area contributed by atoms with Crippen LogP contribution in [0.1, 0.15) is 29.3 Å². The lowest BCUT2D eigenvalue weighted by Crippen LogP contribution is -2.28. The third-order valence-corrected chi connectivity index (χ3v) is 3.59. The maximum Gasteiger partial charge on any atom is 0.229 e. The van der Waals surface area contributed by atoms with Crippen LogP contribution in [0.5, 0.6) is 0 Å². The number of carbonyl (C=O) groups excluding carboxylic acids is 1. The SMILES string of the molecule is Cc1noc(Cl)c1CCC(=O)NCC(O)c1ccccc1F. The number of benzene rings is 1. The molecule has 0 aliphatic heterocycles. The zero-order valence-electron chi connectivity index (χ0n) is 12.0. The number of hydrogen-bond donors (Lipinski definition) is 2. The number of nitrogens with zero attached hydrogens (tertiary/aromatic N) is 1. The van der Waals surface area contributed by atoms with Gasteiger partial charge in [-0.3, -0.25) is 4.79 Å². The van der Waals surface area contributed by atoms with E-state index in [9.17, 15) is 14.3 Å². The van der Waals surface area contributed by atoms with Gasteiger partial charge >= 0.3 is 0 Å². The van der Waals surface area contributed by atoms with Gasteiger partial charge in [-0.2, -0.15) is 0 Å². The van der Waals surface area contributed by atoms with Gasteiger partial charge in [0.25, 0.3) is 0 Å². The van der Waals surface area contributed by atoms with E-state index in [0.717, 1.165) is 0 Å². The van der Waals surface area contributed by atoms with Gasteiger partial charge in [-0.1, -0.05) is 23.4 Å². The minimum atomic E-state index is -1.09. The number of nitrogens with one attached hydrogen (secondary N) is 1. The van der Waals surface area contributed by atoms with Crippen LogP contribution in [0.25, 0.3) is 0 Å². The summed E-state index contributed by atoms with van der Waals surface area (Å²) >= 11 is 5.81. The van der Waals surface area contributed by atoms with E-state index in [1.165, 1.54) is 18.2 Å². The van der Waals surface area contributed by atoms with Crippen LogP contribution < -0.4 is 5.32 Å². The van der Waals surface area contributed by atoms with E-state index in [1.54, 1.807) is 13.0 Å². The van der Waals surface area contributed by atoms with Gasteiger partial charge in [0.05, 0.1) is 11.8 Å². The molecule has 1 amide bonds. The van der Waals surface area contributed by atoms with Crippen molar-refractivity contribution in [2.24, 2.45) is 0 Å². The van der Waals surface area contributed by atoms with Gasteiger partial charge < -0.3 is 14.9 Å². The highest BCUT2D eigenvalue weighted by molar-refractivity contribution is 6.29. The Morgan fingerprint density at radius 2 is 2.23 bits per heavy atom. The van der Waals surface area contributed by atoms with Crippen molar-refractivity contribution in [2.75, 3.05) is 6.54 Å². The number of hydrogen-bond acceptors (Lipinski definition) is 4. The number of rotatable bonds is 6. The molecule has 5 nitrogen and oxygen atoms in total. The second-order valence-corrected chi connectivity index (χ2v) is 5.20. The highest BCUT2D eigenvalue weighted by atomic mass is 35.5. The Balaban J connectivity index is 1.82. The van der Waals surface area contributed by atoms with Crippen LogP contribution in [0.2, 0.25) is 5.22 Å². The van der Waals surface area contributed by atoms with Crippen molar-refractivity contribution < 1.29 is 18.8 Å². The maximum absolute atomic E-state index is 13.5. The van der Waals surface area contributed by atoms with Gasteiger partial charge in [0, 0.05) is 24.1 Å². The second-order valence-electron chi connectivity index (χ2n) is 4.86. The highest BCUT2D eigenvalue weighted by Crippen LogP contribution is 2.20. The van der Waals surface area contributed by atoms with Gasteiger partial charge in [0.1, 0.15) is 5.82 Å². The molecule has 2 rings (SSSR count). The predicted octanol–water partition coefficient (Wildman–Crippen LogP) is 2.56. The Morgan fingerprint density at radius 3 is 2.86 bits per heavy atom. The summed E-state index contributed by atoms with van der Waals surface area (Å²) in [6.45, 7) is 1.68. The van der Waals surface area contributed by atoms with Gasteiger partial charge in [0.15, 0.2) is 0 Å². The number of aliphatic hydroxyl groups excluding tert-OH is 1. The molecule has 0 saturated heterocycles. The van der Waals surface area contributed by atoms with Crippen LogP contribution >= 0.6 is 11.6 Å². The van der Waals surface area contributed by atoms with Crippen molar-refractivity contribution >= 4 is 17.5 Å². The first-order valence-electron chi connectivity index (χ1n) is 6.79. The van der Waals surface area contributed by atoms with E-state index in [4.69, 9.17) is 16.1 Å². The fourth-order valence-corrected chi connectivity index (χ4v) is 2.30. The molecular formula is C15H16ClFN2O3. The molecule has 22 heavy (non-hydrogen) atoms. The van der Waals surface area contributed by atoms with Crippen molar-refractivity contribution in [3.63, 3.8) is 0 Å². The molecule has 1 unspecified atom stereocenters. The third kappa shape index (κ3) is 4.05. The maximum atomic E-state index is 13.5. The molecule has 0 spiro atoms. The van der Waals surface area contributed by atoms with Crippen LogP contribution in [0.15, 0.2) is 28.8 Å². The summed E-state index contributed by atoms with van der Waals surface area (Å²) in [5, 5.41) is 16.3. The average molecular weight is 327 g/mol. The fourth-order valence-electron chi connectivity index (χ4n) is 2.03. The van der Waals surface area contributed by atoms with Crippen molar-refractivity contribution in [3.05, 3.63) is 52.1 Å². The Labute approximate surface area is 132 Å². The molecule has 0 aliphatic carbocycles. The normalized spacial score (nSPS) is 12.2. The largest absolute Gasteiger partial charge is 0.386 e. The molecule has 7 heteroatoms. The molecule has 0 radical (unpaired) electrons. The lowest BCUT2D eigenvalue weighted by Gasteiger charge is -2.13. The Kier molecular flexibility index (Phi) is 5.51. The van der Waals surface area contributed by atoms with E-state index in [-0.39, 0.29) is 29.7 Å². The predicted molar refractivity (Wildman–Crippen MR) is 78.9 cm³/mol. The molecular weight excluding hydrogens is 311 g/mol. The molecule has 1 heterocycles. The molecule has 0 bridgehead atoms. The van der Waals surface area contributed by atoms with Crippen molar-refractivity contribution in [1.29, 1.82) is 0 Å². The van der Waals surface area contributed by atoms with E-state index in [2.05, 4.69) is 10.5 Å². The highest BCUT2D eigenvalue weighted by Gasteiger charge is 2.15. The third-order valence-electron chi connectivity index (χ3n) is 3.30. The minimum Gasteiger partial charge on any atom is -0.386 e. The van der Waals surface area contributed by atoms with Crippen LogP contribution in [-0.2, 0) is 11.2 Å². The van der Waals surface area contributed by atoms with E-state index >= 15 is 0 Å². The number of carbonyl (C=O) groups is 1. The Hall–Kier alpha value is -1.92. The number of aliphatic hydroxyl groups is 1. The molecule has 1 atom stereocenters. The topological polar surface area (TPSA) is 75.4 Å². The molecule has 0 saturated carbocycles. The van der Waals surface area contributed by atoms with E-state index in [0.29, 0.717) is 17.7 Å². The van der Waals surface area contributed by atoms with E-state index < -0.39 is 11.9 Å². The summed E-state index contributed by atoms with van der Waals surface area (Å²) in [7, 11) is 0. The smallest absolute Gasteiger partial charge is 0.229 e. The zero-order valence-corrected chi connectivity index (χ0v) is 12.7. The first kappa shape index (κ1) is 16.5. The van der Waals surface area contributed by atoms with Gasteiger partial charge in [-0.05, 0) is 31.0 Å². The summed E-state index contributed by atoms with van der Waals surface area (Å²) < 4.78 is 18.3. The summed E-state index contributed by atoms with van der Waals surface area (Å²) in [6, 6.07) is 5.90. The summed E-state index contributed by atoms with van der Waals surface area (Å²) in [4.78, 5) is 11.8. The number of aromatic nitrogens is 1. The summed E-state index contributed by atoms with van der Waals surface area (Å²) in [6.07, 6.45) is -0.535. The van der Waals surface area contributed by atoms with Gasteiger partial charge in [-0.15, -0.1) is 0 Å². The van der Waals surface area contributed by atoms with Gasteiger partial charge in [0.2, 0.25) is 11.1 Å². The fraction of sp³-hybridized carbons (Fsp3) is 0.333. The quantitative estimate of drug-likeness (QED) is 0.855. The number of halogens is 2. The van der Waals surface area contributed by atoms with Crippen molar-refractivity contribution in [1.82, 2.24) is 10.5 Å². The monoisotopic (exact) mass is 326 g/mol. The second kappa shape index (κ2) is 7.38. The average Bonchev–Trinajstić information content (AvgIpc) is 2.82. The van der Waals surface area contributed by atoms with E-state index in [1.807, 2.05) is 0 Å². The van der Waals surface area contributed by atoms with Crippen molar-refractivity contribution in [2.45, 2.75) is 25.9 Å². The first-order valence-corrected chi connectivity index (χ1v) is 7.16. The molecule has 1 aromatic carbocycles. The van der Waals surface area contributed by atoms with Crippen molar-refractivity contribution in [3.8, 4) is 0 Å². The molecule has 1 aromatic heterocycles. The molecule has 2 aromatic rings. The van der Waals surface area contributed by atoms with Crippen LogP contribution in [-0.4, -0.2) is 22.7 Å². The van der Waals surface area contributed by atoms with Crippen LogP contribution in [0.4, 0.5) is 4.39 Å². The summed E-state index contributed by atoms with van der Waals surface area (Å²) in [5.41, 5.74) is 1.48. The van der Waals surface area contributed by atoms with Crippen LogP contribution in [0.3, 0.4) is 0 Å². The molecule has 0 fully saturated rings. The number of amides is 1. The Bertz CT molecular complexity index is 640. The first-order chi connectivity index (χ1) is 10.5. The minimum absolute atomic E-state index is 0.0594. The molecule has 118 valence electrons. The lowest BCUT2D eigenvalue weighted by atomic mass is 10.1. The standard InChI is InChI=1S/C15H16ClFN2O3/c1-9-10(15(16)22-19-9)6-7-14(21)18-8-13(20)11-4-2-3-5-12(11)17/h2-5,13,20H,6-8H2,1H3,(H,18,21). The number of aryl methyl sites for hydroxylation is 1. The zero-order chi connectivity index (χ0) is 16.1. The lowest BCUT2D eigenvalue weighted by molar-refractivity contribution is -0.121. The van der Waals surface area contributed by atoms with Gasteiger partial charge in [-0.25, -0.2) is 4.39 Å².